The molecule has 198 valence electrons. The summed E-state index contributed by atoms with van der Waals surface area (Å²) in [5.41, 5.74) is 11.0. The molecule has 0 saturated carbocycles. The lowest BCUT2D eigenvalue weighted by molar-refractivity contribution is -0.126. The van der Waals surface area contributed by atoms with Crippen molar-refractivity contribution in [3.05, 3.63) is 77.9 Å². The normalized spacial score (nSPS) is 15.2. The molecule has 1 aliphatic rings. The number of imidazole rings is 1. The number of aromatic nitrogens is 3. The van der Waals surface area contributed by atoms with Gasteiger partial charge >= 0.3 is 0 Å². The molecule has 1 atom stereocenters. The van der Waals surface area contributed by atoms with Crippen LogP contribution in [0.2, 0.25) is 0 Å². The van der Waals surface area contributed by atoms with Crippen LogP contribution in [0.5, 0.6) is 0 Å². The number of nitrogens with two attached hydrogens (primary N) is 1. The van der Waals surface area contributed by atoms with Gasteiger partial charge in [0.2, 0.25) is 0 Å². The number of carbonyl (C=O) groups is 2. The van der Waals surface area contributed by atoms with Gasteiger partial charge in [-0.2, -0.15) is 0 Å². The van der Waals surface area contributed by atoms with Crippen LogP contribution in [0.4, 0.5) is 11.5 Å². The number of benzene rings is 2. The minimum absolute atomic E-state index is 0.0453. The second-order valence-corrected chi connectivity index (χ2v) is 10.7. The Morgan fingerprint density at radius 1 is 1.08 bits per heavy atom. The molecule has 0 unspecified atom stereocenters. The van der Waals surface area contributed by atoms with Gasteiger partial charge in [-0.05, 0) is 60.9 Å². The standard InChI is InChI=1S/C31H32N6O2/c1-5-7-25(38)36-18-6-8-24(36)29-35-26(27-28(32)33-17-19-37(27)29)20-9-11-21(12-10-20)30(39)34-23-15-13-22(14-16-23)31(2,3)4/h9-17,19,24H,6,8,18H2,1-4H3,(H2,32,33)(H,34,39)/t24-/m0/s1. The Kier molecular flexibility index (Phi) is 6.83. The summed E-state index contributed by atoms with van der Waals surface area (Å²) in [6.07, 6.45) is 5.10. The molecule has 2 amide bonds. The van der Waals surface area contributed by atoms with Crippen molar-refractivity contribution in [3.63, 3.8) is 0 Å². The molecule has 1 fully saturated rings. The zero-order valence-electron chi connectivity index (χ0n) is 22.7. The van der Waals surface area contributed by atoms with Crippen molar-refractivity contribution in [2.75, 3.05) is 17.6 Å². The van der Waals surface area contributed by atoms with Crippen LogP contribution in [-0.4, -0.2) is 37.6 Å². The Bertz CT molecular complexity index is 1600. The van der Waals surface area contributed by atoms with E-state index in [0.29, 0.717) is 29.1 Å². The Hall–Kier alpha value is -4.64. The third kappa shape index (κ3) is 5.08. The molecular weight excluding hydrogens is 488 g/mol. The second-order valence-electron chi connectivity index (χ2n) is 10.7. The number of carbonyl (C=O) groups excluding carboxylic acids is 2. The summed E-state index contributed by atoms with van der Waals surface area (Å²) in [4.78, 5) is 36.6. The number of anilines is 2. The van der Waals surface area contributed by atoms with Crippen molar-refractivity contribution < 1.29 is 9.59 Å². The predicted octanol–water partition coefficient (Wildman–Crippen LogP) is 5.22. The van der Waals surface area contributed by atoms with Crippen LogP contribution in [0.25, 0.3) is 16.8 Å². The van der Waals surface area contributed by atoms with Gasteiger partial charge in [0.1, 0.15) is 22.9 Å². The molecule has 3 heterocycles. The zero-order chi connectivity index (χ0) is 27.7. The molecule has 8 heteroatoms. The molecule has 5 rings (SSSR count). The Morgan fingerprint density at radius 3 is 2.46 bits per heavy atom. The molecule has 8 nitrogen and oxygen atoms in total. The third-order valence-corrected chi connectivity index (χ3v) is 7.08. The van der Waals surface area contributed by atoms with Crippen molar-refractivity contribution in [1.29, 1.82) is 0 Å². The average Bonchev–Trinajstić information content (AvgIpc) is 3.54. The maximum Gasteiger partial charge on any atom is 0.299 e. The first-order chi connectivity index (χ1) is 18.7. The van der Waals surface area contributed by atoms with Crippen LogP contribution >= 0.6 is 0 Å². The molecule has 0 bridgehead atoms. The fraction of sp³-hybridized carbons (Fsp3) is 0.290. The van der Waals surface area contributed by atoms with Crippen LogP contribution < -0.4 is 11.1 Å². The molecule has 39 heavy (non-hydrogen) atoms. The van der Waals surface area contributed by atoms with E-state index in [2.05, 4.69) is 42.9 Å². The SMILES string of the molecule is CC#CC(=O)N1CCC[C@H]1c1nc(-c2ccc(C(=O)Nc3ccc(C(C)(C)C)cc3)cc2)c2c(N)nccn12. The lowest BCUT2D eigenvalue weighted by Gasteiger charge is -2.21. The van der Waals surface area contributed by atoms with Crippen LogP contribution in [0.1, 0.15) is 68.3 Å². The number of nitrogens with zero attached hydrogens (tertiary/aromatic N) is 4. The van der Waals surface area contributed by atoms with Crippen molar-refractivity contribution >= 4 is 28.8 Å². The average molecular weight is 521 g/mol. The van der Waals surface area contributed by atoms with Gasteiger partial charge in [0.05, 0.1) is 6.04 Å². The van der Waals surface area contributed by atoms with Crippen molar-refractivity contribution in [2.45, 2.75) is 52.0 Å². The largest absolute Gasteiger partial charge is 0.382 e. The molecule has 2 aromatic carbocycles. The summed E-state index contributed by atoms with van der Waals surface area (Å²) < 4.78 is 1.91. The molecule has 1 aliphatic heterocycles. The highest BCUT2D eigenvalue weighted by Gasteiger charge is 2.33. The number of hydrogen-bond acceptors (Lipinski definition) is 5. The van der Waals surface area contributed by atoms with Gasteiger partial charge in [-0.25, -0.2) is 9.97 Å². The van der Waals surface area contributed by atoms with E-state index in [9.17, 15) is 9.59 Å². The Labute approximate surface area is 228 Å². The van der Waals surface area contributed by atoms with Gasteiger partial charge in [-0.1, -0.05) is 51.0 Å². The smallest absolute Gasteiger partial charge is 0.299 e. The van der Waals surface area contributed by atoms with Gasteiger partial charge in [0.25, 0.3) is 11.8 Å². The van der Waals surface area contributed by atoms with Gasteiger partial charge in [0, 0.05) is 35.8 Å². The monoisotopic (exact) mass is 520 g/mol. The number of likely N-dealkylation sites (tertiary alicyclic amines) is 1. The van der Waals surface area contributed by atoms with Crippen LogP contribution in [0.15, 0.2) is 60.9 Å². The molecule has 1 saturated heterocycles. The summed E-state index contributed by atoms with van der Waals surface area (Å²) in [5.74, 6) is 6.02. The molecule has 0 radical (unpaired) electrons. The fourth-order valence-electron chi connectivity index (χ4n) is 5.02. The summed E-state index contributed by atoms with van der Waals surface area (Å²) in [6.45, 7) is 8.75. The van der Waals surface area contributed by atoms with Crippen molar-refractivity contribution in [2.24, 2.45) is 0 Å². The lowest BCUT2D eigenvalue weighted by Crippen LogP contribution is -2.30. The number of nitrogen functional groups attached to an aromatic ring is 1. The first-order valence-corrected chi connectivity index (χ1v) is 13.1. The van der Waals surface area contributed by atoms with Gasteiger partial charge in [-0.3, -0.25) is 14.0 Å². The van der Waals surface area contributed by atoms with E-state index in [-0.39, 0.29) is 23.3 Å². The van der Waals surface area contributed by atoms with E-state index in [1.807, 2.05) is 47.0 Å². The van der Waals surface area contributed by atoms with E-state index in [0.717, 1.165) is 29.9 Å². The first-order valence-electron chi connectivity index (χ1n) is 13.1. The maximum absolute atomic E-state index is 12.9. The quantitative estimate of drug-likeness (QED) is 0.359. The van der Waals surface area contributed by atoms with Crippen LogP contribution in [0.3, 0.4) is 0 Å². The molecule has 2 aromatic heterocycles. The highest BCUT2D eigenvalue weighted by atomic mass is 16.2. The zero-order valence-corrected chi connectivity index (χ0v) is 22.7. The Balaban J connectivity index is 1.44. The molecule has 3 N–H and O–H groups in total. The molecular formula is C31H32N6O2. The Morgan fingerprint density at radius 2 is 1.79 bits per heavy atom. The topological polar surface area (TPSA) is 106 Å². The van der Waals surface area contributed by atoms with E-state index in [4.69, 9.17) is 10.7 Å². The fourth-order valence-corrected chi connectivity index (χ4v) is 5.02. The first kappa shape index (κ1) is 26.0. The number of nitrogens with one attached hydrogen (secondary N) is 1. The van der Waals surface area contributed by atoms with Gasteiger partial charge < -0.3 is 16.0 Å². The highest BCUT2D eigenvalue weighted by molar-refractivity contribution is 6.04. The number of amides is 2. The second kappa shape index (κ2) is 10.3. The highest BCUT2D eigenvalue weighted by Crippen LogP contribution is 2.36. The van der Waals surface area contributed by atoms with Crippen molar-refractivity contribution in [3.8, 4) is 23.1 Å². The van der Waals surface area contributed by atoms with E-state index in [1.165, 1.54) is 5.56 Å². The number of rotatable bonds is 4. The molecule has 0 aliphatic carbocycles. The number of fused-ring (bicyclic) bond motifs is 1. The van der Waals surface area contributed by atoms with Gasteiger partial charge in [0.15, 0.2) is 0 Å². The van der Waals surface area contributed by atoms with E-state index in [1.54, 1.807) is 30.2 Å². The van der Waals surface area contributed by atoms with Crippen molar-refractivity contribution in [1.82, 2.24) is 19.3 Å². The summed E-state index contributed by atoms with van der Waals surface area (Å²) in [5, 5.41) is 2.96. The minimum atomic E-state index is -0.212. The van der Waals surface area contributed by atoms with E-state index < -0.39 is 0 Å². The van der Waals surface area contributed by atoms with Crippen LogP contribution in [0, 0.1) is 11.8 Å². The third-order valence-electron chi connectivity index (χ3n) is 7.08. The summed E-state index contributed by atoms with van der Waals surface area (Å²) in [7, 11) is 0. The number of hydrogen-bond donors (Lipinski definition) is 2. The lowest BCUT2D eigenvalue weighted by atomic mass is 9.87. The minimum Gasteiger partial charge on any atom is -0.382 e. The molecule has 4 aromatic rings. The summed E-state index contributed by atoms with van der Waals surface area (Å²) >= 11 is 0. The van der Waals surface area contributed by atoms with Crippen LogP contribution in [-0.2, 0) is 10.2 Å². The van der Waals surface area contributed by atoms with E-state index >= 15 is 0 Å². The maximum atomic E-state index is 12.9. The molecule has 0 spiro atoms. The predicted molar refractivity (Wildman–Crippen MR) is 153 cm³/mol. The van der Waals surface area contributed by atoms with Gasteiger partial charge in [-0.15, -0.1) is 0 Å². The summed E-state index contributed by atoms with van der Waals surface area (Å²) in [6, 6.07) is 15.0.